The molecule has 18 heavy (non-hydrogen) atoms. The average Bonchev–Trinajstić information content (AvgIpc) is 3.00. The lowest BCUT2D eigenvalue weighted by molar-refractivity contribution is 0.281. The second-order valence-corrected chi connectivity index (χ2v) is 6.05. The minimum absolute atomic E-state index is 0.400. The molecule has 1 heterocycles. The topological polar surface area (TPSA) is 29.3 Å². The summed E-state index contributed by atoms with van der Waals surface area (Å²) in [6.07, 6.45) is 5.67. The maximum Gasteiger partial charge on any atom is 0.0234 e. The van der Waals surface area contributed by atoms with Gasteiger partial charge in [0.25, 0.3) is 0 Å². The molecule has 98 valence electrons. The van der Waals surface area contributed by atoms with Crippen molar-refractivity contribution in [2.75, 3.05) is 13.1 Å². The first-order valence-electron chi connectivity index (χ1n) is 7.35. The maximum atomic E-state index is 6.36. The molecule has 2 N–H and O–H groups in total. The molecule has 0 bridgehead atoms. The Morgan fingerprint density at radius 1 is 1.06 bits per heavy atom. The SMILES string of the molecule is N[C@@H]1CN(Cc2ccccc2)C[C@@H]1C1CCCC1. The lowest BCUT2D eigenvalue weighted by atomic mass is 9.87. The van der Waals surface area contributed by atoms with Gasteiger partial charge in [-0.25, -0.2) is 0 Å². The van der Waals surface area contributed by atoms with E-state index >= 15 is 0 Å². The molecule has 0 unspecified atom stereocenters. The number of nitrogens with zero attached hydrogens (tertiary/aromatic N) is 1. The molecule has 0 amide bonds. The molecule has 2 nitrogen and oxygen atoms in total. The van der Waals surface area contributed by atoms with Gasteiger partial charge >= 0.3 is 0 Å². The molecule has 0 radical (unpaired) electrons. The van der Waals surface area contributed by atoms with Crippen LogP contribution in [0.25, 0.3) is 0 Å². The summed E-state index contributed by atoms with van der Waals surface area (Å²) < 4.78 is 0. The summed E-state index contributed by atoms with van der Waals surface area (Å²) in [5.74, 6) is 1.65. The van der Waals surface area contributed by atoms with Gasteiger partial charge in [0.2, 0.25) is 0 Å². The Hall–Kier alpha value is -0.860. The molecule has 1 saturated heterocycles. The van der Waals surface area contributed by atoms with Crippen LogP contribution in [-0.4, -0.2) is 24.0 Å². The van der Waals surface area contributed by atoms with Crippen LogP contribution in [0.1, 0.15) is 31.2 Å². The van der Waals surface area contributed by atoms with Crippen LogP contribution in [0.2, 0.25) is 0 Å². The van der Waals surface area contributed by atoms with Crippen molar-refractivity contribution >= 4 is 0 Å². The Morgan fingerprint density at radius 3 is 2.50 bits per heavy atom. The van der Waals surface area contributed by atoms with Crippen LogP contribution >= 0.6 is 0 Å². The first kappa shape index (κ1) is 12.2. The summed E-state index contributed by atoms with van der Waals surface area (Å²) in [5, 5.41) is 0. The fraction of sp³-hybridized carbons (Fsp3) is 0.625. The van der Waals surface area contributed by atoms with Gasteiger partial charge in [-0.15, -0.1) is 0 Å². The molecule has 1 aliphatic heterocycles. The molecule has 1 aliphatic carbocycles. The Morgan fingerprint density at radius 2 is 1.78 bits per heavy atom. The summed E-state index contributed by atoms with van der Waals surface area (Å²) in [6.45, 7) is 3.36. The third kappa shape index (κ3) is 2.60. The van der Waals surface area contributed by atoms with Gasteiger partial charge in [0, 0.05) is 25.7 Å². The van der Waals surface area contributed by atoms with Crippen LogP contribution in [0.15, 0.2) is 30.3 Å². The highest BCUT2D eigenvalue weighted by Gasteiger charge is 2.36. The van der Waals surface area contributed by atoms with Gasteiger partial charge in [0.05, 0.1) is 0 Å². The first-order valence-corrected chi connectivity index (χ1v) is 7.35. The average molecular weight is 244 g/mol. The quantitative estimate of drug-likeness (QED) is 0.885. The van der Waals surface area contributed by atoms with Crippen LogP contribution < -0.4 is 5.73 Å². The van der Waals surface area contributed by atoms with E-state index in [-0.39, 0.29) is 0 Å². The lowest BCUT2D eigenvalue weighted by Crippen LogP contribution is -2.33. The van der Waals surface area contributed by atoms with E-state index < -0.39 is 0 Å². The van der Waals surface area contributed by atoms with E-state index in [2.05, 4.69) is 35.2 Å². The monoisotopic (exact) mass is 244 g/mol. The lowest BCUT2D eigenvalue weighted by Gasteiger charge is -2.21. The zero-order valence-corrected chi connectivity index (χ0v) is 11.1. The summed E-state index contributed by atoms with van der Waals surface area (Å²) in [7, 11) is 0. The Kier molecular flexibility index (Phi) is 3.67. The largest absolute Gasteiger partial charge is 0.326 e. The zero-order valence-electron chi connectivity index (χ0n) is 11.1. The highest BCUT2D eigenvalue weighted by molar-refractivity contribution is 5.15. The normalized spacial score (nSPS) is 30.1. The molecule has 2 heteroatoms. The number of nitrogens with two attached hydrogens (primary N) is 1. The number of hydrogen-bond donors (Lipinski definition) is 1. The number of likely N-dealkylation sites (tertiary alicyclic amines) is 1. The van der Waals surface area contributed by atoms with Crippen LogP contribution in [0.4, 0.5) is 0 Å². The van der Waals surface area contributed by atoms with Gasteiger partial charge in [0.15, 0.2) is 0 Å². The summed E-state index contributed by atoms with van der Waals surface area (Å²) in [6, 6.07) is 11.2. The van der Waals surface area contributed by atoms with Crippen LogP contribution in [0.5, 0.6) is 0 Å². The van der Waals surface area contributed by atoms with Crippen molar-refractivity contribution in [3.05, 3.63) is 35.9 Å². The van der Waals surface area contributed by atoms with Crippen molar-refractivity contribution < 1.29 is 0 Å². The van der Waals surface area contributed by atoms with E-state index in [0.29, 0.717) is 6.04 Å². The van der Waals surface area contributed by atoms with Crippen molar-refractivity contribution in [2.45, 2.75) is 38.3 Å². The van der Waals surface area contributed by atoms with E-state index in [0.717, 1.165) is 24.9 Å². The Bertz CT molecular complexity index is 370. The second-order valence-electron chi connectivity index (χ2n) is 6.05. The first-order chi connectivity index (χ1) is 8.83. The molecule has 1 aromatic rings. The summed E-state index contributed by atoms with van der Waals surface area (Å²) in [5.41, 5.74) is 7.77. The van der Waals surface area contributed by atoms with Crippen molar-refractivity contribution in [3.63, 3.8) is 0 Å². The van der Waals surface area contributed by atoms with Crippen molar-refractivity contribution in [2.24, 2.45) is 17.6 Å². The van der Waals surface area contributed by atoms with E-state index in [1.54, 1.807) is 0 Å². The molecule has 0 aromatic heterocycles. The summed E-state index contributed by atoms with van der Waals surface area (Å²) >= 11 is 0. The van der Waals surface area contributed by atoms with Gasteiger partial charge in [-0.2, -0.15) is 0 Å². The Labute approximate surface area is 110 Å². The summed E-state index contributed by atoms with van der Waals surface area (Å²) in [4.78, 5) is 2.54. The molecule has 0 spiro atoms. The standard InChI is InChI=1S/C16H24N2/c17-16-12-18(10-13-6-2-1-3-7-13)11-15(16)14-8-4-5-9-14/h1-3,6-7,14-16H,4-5,8-12,17H2/t15-,16-/m1/s1. The molecular weight excluding hydrogens is 220 g/mol. The highest BCUT2D eigenvalue weighted by atomic mass is 15.2. The number of rotatable bonds is 3. The maximum absolute atomic E-state index is 6.36. The number of benzene rings is 1. The highest BCUT2D eigenvalue weighted by Crippen LogP contribution is 2.36. The second kappa shape index (κ2) is 5.41. The Balaban J connectivity index is 1.59. The minimum Gasteiger partial charge on any atom is -0.326 e. The van der Waals surface area contributed by atoms with Crippen LogP contribution in [-0.2, 0) is 6.54 Å². The van der Waals surface area contributed by atoms with Gasteiger partial charge < -0.3 is 5.73 Å². The molecule has 2 fully saturated rings. The number of hydrogen-bond acceptors (Lipinski definition) is 2. The van der Waals surface area contributed by atoms with Gasteiger partial charge in [0.1, 0.15) is 0 Å². The fourth-order valence-corrected chi connectivity index (χ4v) is 3.80. The van der Waals surface area contributed by atoms with Crippen LogP contribution in [0, 0.1) is 11.8 Å². The van der Waals surface area contributed by atoms with Crippen LogP contribution in [0.3, 0.4) is 0 Å². The molecule has 2 aliphatic rings. The third-order valence-electron chi connectivity index (χ3n) is 4.74. The van der Waals surface area contributed by atoms with E-state index in [4.69, 9.17) is 5.73 Å². The van der Waals surface area contributed by atoms with Gasteiger partial charge in [-0.1, -0.05) is 56.0 Å². The molecule has 1 aromatic carbocycles. The van der Waals surface area contributed by atoms with Crippen molar-refractivity contribution in [1.82, 2.24) is 4.90 Å². The zero-order chi connectivity index (χ0) is 12.4. The van der Waals surface area contributed by atoms with E-state index in [1.165, 1.54) is 37.8 Å². The predicted octanol–water partition coefficient (Wildman–Crippen LogP) is 2.64. The van der Waals surface area contributed by atoms with Crippen molar-refractivity contribution in [1.29, 1.82) is 0 Å². The van der Waals surface area contributed by atoms with Gasteiger partial charge in [-0.05, 0) is 17.4 Å². The van der Waals surface area contributed by atoms with E-state index in [1.807, 2.05) is 0 Å². The third-order valence-corrected chi connectivity index (χ3v) is 4.74. The molecule has 3 rings (SSSR count). The molecule has 2 atom stereocenters. The molecule has 1 saturated carbocycles. The molecular formula is C16H24N2. The smallest absolute Gasteiger partial charge is 0.0234 e. The van der Waals surface area contributed by atoms with E-state index in [9.17, 15) is 0 Å². The minimum atomic E-state index is 0.400. The fourth-order valence-electron chi connectivity index (χ4n) is 3.80. The predicted molar refractivity (Wildman–Crippen MR) is 75.1 cm³/mol. The van der Waals surface area contributed by atoms with Gasteiger partial charge in [-0.3, -0.25) is 4.90 Å². The van der Waals surface area contributed by atoms with Crippen molar-refractivity contribution in [3.8, 4) is 0 Å².